The second kappa shape index (κ2) is 6.37. The molecule has 1 aromatic heterocycles. The molecule has 3 aromatic rings. The first-order valence-electron chi connectivity index (χ1n) is 7.85. The number of hydrogen-bond acceptors (Lipinski definition) is 3. The highest BCUT2D eigenvalue weighted by Gasteiger charge is 2.13. The van der Waals surface area contributed by atoms with Crippen LogP contribution in [0.15, 0.2) is 47.4 Å². The second-order valence-corrected chi connectivity index (χ2v) is 7.77. The quantitative estimate of drug-likeness (QED) is 0.775. The third-order valence-corrected chi connectivity index (χ3v) is 5.68. The van der Waals surface area contributed by atoms with Gasteiger partial charge in [-0.05, 0) is 50.1 Å². The second-order valence-electron chi connectivity index (χ2n) is 6.00. The predicted octanol–water partition coefficient (Wildman–Crippen LogP) is 2.71. The lowest BCUT2D eigenvalue weighted by Crippen LogP contribution is -2.26. The van der Waals surface area contributed by atoms with Crippen LogP contribution in [0.25, 0.3) is 11.0 Å². The smallest absolute Gasteiger partial charge is 0.240 e. The van der Waals surface area contributed by atoms with E-state index in [4.69, 9.17) is 0 Å². The SMILES string of the molecule is Cc1ccc(S(=O)(=O)NCCc2ccc3c(c2)nc(C)n3C)cc1. The molecule has 0 aliphatic rings. The molecule has 0 spiro atoms. The summed E-state index contributed by atoms with van der Waals surface area (Å²) in [5.41, 5.74) is 4.12. The van der Waals surface area contributed by atoms with Crippen molar-refractivity contribution < 1.29 is 8.42 Å². The zero-order valence-electron chi connectivity index (χ0n) is 14.1. The van der Waals surface area contributed by atoms with Crippen molar-refractivity contribution in [3.8, 4) is 0 Å². The maximum atomic E-state index is 12.3. The van der Waals surface area contributed by atoms with Crippen molar-refractivity contribution in [3.05, 3.63) is 59.4 Å². The molecule has 0 aliphatic carbocycles. The van der Waals surface area contributed by atoms with Crippen molar-refractivity contribution in [3.63, 3.8) is 0 Å². The number of aromatic nitrogens is 2. The van der Waals surface area contributed by atoms with E-state index in [9.17, 15) is 8.42 Å². The van der Waals surface area contributed by atoms with Crippen LogP contribution in [-0.4, -0.2) is 24.5 Å². The fourth-order valence-corrected chi connectivity index (χ4v) is 3.68. The Morgan fingerprint density at radius 3 is 2.50 bits per heavy atom. The van der Waals surface area contributed by atoms with Gasteiger partial charge in [-0.3, -0.25) is 0 Å². The molecule has 24 heavy (non-hydrogen) atoms. The number of sulfonamides is 1. The highest BCUT2D eigenvalue weighted by atomic mass is 32.2. The Kier molecular flexibility index (Phi) is 4.43. The van der Waals surface area contributed by atoms with Crippen LogP contribution in [0.2, 0.25) is 0 Å². The fourth-order valence-electron chi connectivity index (χ4n) is 2.65. The van der Waals surface area contributed by atoms with Gasteiger partial charge < -0.3 is 4.57 Å². The van der Waals surface area contributed by atoms with Crippen molar-refractivity contribution in [2.24, 2.45) is 7.05 Å². The minimum absolute atomic E-state index is 0.295. The molecule has 0 aliphatic heterocycles. The summed E-state index contributed by atoms with van der Waals surface area (Å²) in [6.07, 6.45) is 0.622. The van der Waals surface area contributed by atoms with Gasteiger partial charge in [0.2, 0.25) is 10.0 Å². The maximum Gasteiger partial charge on any atom is 0.240 e. The summed E-state index contributed by atoms with van der Waals surface area (Å²) in [4.78, 5) is 4.81. The van der Waals surface area contributed by atoms with Crippen molar-refractivity contribution in [1.29, 1.82) is 0 Å². The van der Waals surface area contributed by atoms with Crippen LogP contribution >= 0.6 is 0 Å². The summed E-state index contributed by atoms with van der Waals surface area (Å²) in [7, 11) is -1.48. The zero-order valence-corrected chi connectivity index (χ0v) is 14.9. The topological polar surface area (TPSA) is 64.0 Å². The van der Waals surface area contributed by atoms with Crippen LogP contribution in [0.5, 0.6) is 0 Å². The summed E-state index contributed by atoms with van der Waals surface area (Å²) in [5.74, 6) is 0.960. The van der Waals surface area contributed by atoms with E-state index in [1.807, 2.05) is 43.7 Å². The lowest BCUT2D eigenvalue weighted by Gasteiger charge is -2.07. The normalized spacial score (nSPS) is 12.0. The largest absolute Gasteiger partial charge is 0.331 e. The number of nitrogens with one attached hydrogen (secondary N) is 1. The zero-order chi connectivity index (χ0) is 17.3. The van der Waals surface area contributed by atoms with E-state index in [1.165, 1.54) is 0 Å². The highest BCUT2D eigenvalue weighted by molar-refractivity contribution is 7.89. The van der Waals surface area contributed by atoms with E-state index < -0.39 is 10.0 Å². The number of fused-ring (bicyclic) bond motifs is 1. The Bertz CT molecular complexity index is 973. The first-order chi connectivity index (χ1) is 11.4. The molecule has 0 radical (unpaired) electrons. The average Bonchev–Trinajstić information content (AvgIpc) is 2.82. The standard InChI is InChI=1S/C18H21N3O2S/c1-13-4-7-16(8-5-13)24(22,23)19-11-10-15-6-9-18-17(12-15)20-14(2)21(18)3/h4-9,12,19H,10-11H2,1-3H3. The fraction of sp³-hybridized carbons (Fsp3) is 0.278. The Labute approximate surface area is 142 Å². The van der Waals surface area contributed by atoms with Crippen LogP contribution in [0, 0.1) is 13.8 Å². The van der Waals surface area contributed by atoms with E-state index in [0.717, 1.165) is 28.0 Å². The number of aryl methyl sites for hydroxylation is 3. The summed E-state index contributed by atoms with van der Waals surface area (Å²) < 4.78 is 29.2. The van der Waals surface area contributed by atoms with E-state index >= 15 is 0 Å². The summed E-state index contributed by atoms with van der Waals surface area (Å²) in [5, 5.41) is 0. The number of hydrogen-bond donors (Lipinski definition) is 1. The minimum atomic E-state index is -3.46. The van der Waals surface area contributed by atoms with Gasteiger partial charge in [-0.1, -0.05) is 23.8 Å². The first kappa shape index (κ1) is 16.7. The average molecular weight is 343 g/mol. The first-order valence-corrected chi connectivity index (χ1v) is 9.33. The summed E-state index contributed by atoms with van der Waals surface area (Å²) in [6, 6.07) is 12.9. The Balaban J connectivity index is 1.68. The molecular weight excluding hydrogens is 322 g/mol. The van der Waals surface area contributed by atoms with Crippen molar-refractivity contribution >= 4 is 21.1 Å². The third-order valence-electron chi connectivity index (χ3n) is 4.21. The van der Waals surface area contributed by atoms with Gasteiger partial charge in [0.05, 0.1) is 15.9 Å². The van der Waals surface area contributed by atoms with Gasteiger partial charge in [0.1, 0.15) is 5.82 Å². The number of benzene rings is 2. The van der Waals surface area contributed by atoms with Crippen molar-refractivity contribution in [2.75, 3.05) is 6.54 Å². The molecule has 0 atom stereocenters. The maximum absolute atomic E-state index is 12.3. The van der Waals surface area contributed by atoms with Gasteiger partial charge in [-0.15, -0.1) is 0 Å². The van der Waals surface area contributed by atoms with Crippen molar-refractivity contribution in [2.45, 2.75) is 25.2 Å². The van der Waals surface area contributed by atoms with E-state index in [-0.39, 0.29) is 0 Å². The van der Waals surface area contributed by atoms with Crippen LogP contribution in [0.3, 0.4) is 0 Å². The van der Waals surface area contributed by atoms with Crippen LogP contribution in [0.4, 0.5) is 0 Å². The predicted molar refractivity (Wildman–Crippen MR) is 95.5 cm³/mol. The number of rotatable bonds is 5. The molecule has 0 fully saturated rings. The Morgan fingerprint density at radius 2 is 1.79 bits per heavy atom. The monoisotopic (exact) mass is 343 g/mol. The Hall–Kier alpha value is -2.18. The molecule has 2 aromatic carbocycles. The molecule has 0 unspecified atom stereocenters. The highest BCUT2D eigenvalue weighted by Crippen LogP contribution is 2.17. The molecule has 0 saturated carbocycles. The van der Waals surface area contributed by atoms with Gasteiger partial charge >= 0.3 is 0 Å². The van der Waals surface area contributed by atoms with Gasteiger partial charge in [-0.25, -0.2) is 18.1 Å². The molecule has 0 bridgehead atoms. The van der Waals surface area contributed by atoms with Gasteiger partial charge in [0.25, 0.3) is 0 Å². The Morgan fingerprint density at radius 1 is 1.08 bits per heavy atom. The molecule has 1 heterocycles. The molecule has 5 nitrogen and oxygen atoms in total. The molecule has 6 heteroatoms. The van der Waals surface area contributed by atoms with Crippen LogP contribution in [0.1, 0.15) is 17.0 Å². The van der Waals surface area contributed by atoms with E-state index in [2.05, 4.69) is 9.71 Å². The number of imidazole rings is 1. The molecule has 0 amide bonds. The number of nitrogens with zero attached hydrogens (tertiary/aromatic N) is 2. The molecule has 1 N–H and O–H groups in total. The lowest BCUT2D eigenvalue weighted by atomic mass is 10.1. The van der Waals surface area contributed by atoms with E-state index in [1.54, 1.807) is 24.3 Å². The van der Waals surface area contributed by atoms with Gasteiger partial charge in [0, 0.05) is 13.6 Å². The van der Waals surface area contributed by atoms with E-state index in [0.29, 0.717) is 17.9 Å². The molecule has 3 rings (SSSR count). The lowest BCUT2D eigenvalue weighted by molar-refractivity contribution is 0.581. The molecular formula is C18H21N3O2S. The minimum Gasteiger partial charge on any atom is -0.331 e. The molecule has 126 valence electrons. The summed E-state index contributed by atoms with van der Waals surface area (Å²) in [6.45, 7) is 4.25. The van der Waals surface area contributed by atoms with Crippen molar-refractivity contribution in [1.82, 2.24) is 14.3 Å². The van der Waals surface area contributed by atoms with Gasteiger partial charge in [-0.2, -0.15) is 0 Å². The van der Waals surface area contributed by atoms with Crippen LogP contribution in [-0.2, 0) is 23.5 Å². The summed E-state index contributed by atoms with van der Waals surface area (Å²) >= 11 is 0. The molecule has 0 saturated heterocycles. The van der Waals surface area contributed by atoms with Crippen LogP contribution < -0.4 is 4.72 Å². The third kappa shape index (κ3) is 3.34. The van der Waals surface area contributed by atoms with Gasteiger partial charge in [0.15, 0.2) is 0 Å².